The number of nitro groups is 1. The molecule has 6 heteroatoms. The van der Waals surface area contributed by atoms with Gasteiger partial charge in [0.05, 0.1) is 9.95 Å². The molecule has 0 aliphatic carbocycles. The van der Waals surface area contributed by atoms with Gasteiger partial charge < -0.3 is 0 Å². The van der Waals surface area contributed by atoms with Crippen LogP contribution in [0.2, 0.25) is 10.0 Å². The van der Waals surface area contributed by atoms with Crippen molar-refractivity contribution in [2.24, 2.45) is 0 Å². The molecule has 0 amide bonds. The molecule has 0 N–H and O–H groups in total. The maximum atomic E-state index is 11.0. The highest BCUT2D eigenvalue weighted by molar-refractivity contribution is 6.35. The van der Waals surface area contributed by atoms with Crippen molar-refractivity contribution in [2.45, 2.75) is 6.92 Å². The van der Waals surface area contributed by atoms with Gasteiger partial charge in [0.25, 0.3) is 5.69 Å². The van der Waals surface area contributed by atoms with E-state index in [0.717, 1.165) is 0 Å². The fourth-order valence-electron chi connectivity index (χ4n) is 1.58. The van der Waals surface area contributed by atoms with Gasteiger partial charge in [-0.15, -0.1) is 0 Å². The molecule has 2 rings (SSSR count). The molecule has 1 heterocycles. The van der Waals surface area contributed by atoms with Gasteiger partial charge in [-0.3, -0.25) is 10.1 Å². The average Bonchev–Trinajstić information content (AvgIpc) is 2.32. The summed E-state index contributed by atoms with van der Waals surface area (Å²) in [6.45, 7) is 1.74. The van der Waals surface area contributed by atoms with Crippen molar-refractivity contribution in [2.75, 3.05) is 0 Å². The lowest BCUT2D eigenvalue weighted by molar-refractivity contribution is -0.384. The lowest BCUT2D eigenvalue weighted by Gasteiger charge is -2.05. The number of hydrogen-bond donors (Lipinski definition) is 0. The summed E-state index contributed by atoms with van der Waals surface area (Å²) in [5, 5.41) is 11.9. The summed E-state index contributed by atoms with van der Waals surface area (Å²) < 4.78 is 0. The smallest absolute Gasteiger partial charge is 0.258 e. The van der Waals surface area contributed by atoms with Crippen LogP contribution in [0.3, 0.4) is 0 Å². The highest BCUT2D eigenvalue weighted by Crippen LogP contribution is 2.34. The van der Waals surface area contributed by atoms with Gasteiger partial charge in [0.1, 0.15) is 5.69 Å². The highest BCUT2D eigenvalue weighted by atomic mass is 35.5. The SMILES string of the molecule is Cc1cnc(-c2cc(Cl)ccc2Cl)c([N+](=O)[O-])c1. The molecule has 1 aromatic heterocycles. The summed E-state index contributed by atoms with van der Waals surface area (Å²) in [7, 11) is 0. The lowest BCUT2D eigenvalue weighted by atomic mass is 10.1. The van der Waals surface area contributed by atoms with Crippen LogP contribution in [0.1, 0.15) is 5.56 Å². The van der Waals surface area contributed by atoms with Crippen molar-refractivity contribution < 1.29 is 4.92 Å². The maximum Gasteiger partial charge on any atom is 0.295 e. The molecule has 0 radical (unpaired) electrons. The summed E-state index contributed by atoms with van der Waals surface area (Å²) in [6.07, 6.45) is 1.56. The number of halogens is 2. The van der Waals surface area contributed by atoms with Gasteiger partial charge in [-0.25, -0.2) is 4.98 Å². The Morgan fingerprint density at radius 2 is 2.00 bits per heavy atom. The Balaban J connectivity index is 2.70. The maximum absolute atomic E-state index is 11.0. The van der Waals surface area contributed by atoms with Crippen LogP contribution in [-0.2, 0) is 0 Å². The van der Waals surface area contributed by atoms with Crippen LogP contribution in [-0.4, -0.2) is 9.91 Å². The van der Waals surface area contributed by atoms with Crippen LogP contribution in [0.5, 0.6) is 0 Å². The highest BCUT2D eigenvalue weighted by Gasteiger charge is 2.19. The third-order valence-corrected chi connectivity index (χ3v) is 2.95. The first kappa shape index (κ1) is 12.8. The zero-order chi connectivity index (χ0) is 13.3. The Morgan fingerprint density at radius 3 is 2.67 bits per heavy atom. The molecule has 0 fully saturated rings. The third kappa shape index (κ3) is 2.44. The first-order valence-electron chi connectivity index (χ1n) is 5.05. The predicted octanol–water partition coefficient (Wildman–Crippen LogP) is 4.27. The summed E-state index contributed by atoms with van der Waals surface area (Å²) in [6, 6.07) is 6.23. The molecule has 92 valence electrons. The number of hydrogen-bond acceptors (Lipinski definition) is 3. The minimum absolute atomic E-state index is 0.0841. The van der Waals surface area contributed by atoms with Gasteiger partial charge in [0.2, 0.25) is 0 Å². The number of aromatic nitrogens is 1. The monoisotopic (exact) mass is 282 g/mol. The van der Waals surface area contributed by atoms with E-state index < -0.39 is 4.92 Å². The minimum Gasteiger partial charge on any atom is -0.258 e. The van der Waals surface area contributed by atoms with Gasteiger partial charge in [0, 0.05) is 22.8 Å². The summed E-state index contributed by atoms with van der Waals surface area (Å²) in [5.41, 5.74) is 1.30. The molecular weight excluding hydrogens is 275 g/mol. The Bertz CT molecular complexity index is 629. The Morgan fingerprint density at radius 1 is 1.28 bits per heavy atom. The van der Waals surface area contributed by atoms with Crippen LogP contribution in [0.15, 0.2) is 30.5 Å². The number of rotatable bonds is 2. The second kappa shape index (κ2) is 4.92. The van der Waals surface area contributed by atoms with E-state index in [1.54, 1.807) is 31.3 Å². The predicted molar refractivity (Wildman–Crippen MR) is 71.1 cm³/mol. The van der Waals surface area contributed by atoms with Crippen LogP contribution in [0, 0.1) is 17.0 Å². The fourth-order valence-corrected chi connectivity index (χ4v) is 1.96. The zero-order valence-electron chi connectivity index (χ0n) is 9.35. The molecule has 0 saturated heterocycles. The van der Waals surface area contributed by atoms with E-state index in [1.165, 1.54) is 6.07 Å². The van der Waals surface area contributed by atoms with Gasteiger partial charge in [-0.1, -0.05) is 23.2 Å². The minimum atomic E-state index is -0.480. The van der Waals surface area contributed by atoms with Crippen molar-refractivity contribution >= 4 is 28.9 Å². The second-order valence-corrected chi connectivity index (χ2v) is 4.61. The average molecular weight is 283 g/mol. The van der Waals surface area contributed by atoms with Gasteiger partial charge in [-0.05, 0) is 30.7 Å². The first-order chi connectivity index (χ1) is 8.49. The standard InChI is InChI=1S/C12H8Cl2N2O2/c1-7-4-11(16(17)18)12(15-6-7)9-5-8(13)2-3-10(9)14/h2-6H,1H3. The molecule has 0 saturated carbocycles. The van der Waals surface area contributed by atoms with E-state index in [0.29, 0.717) is 21.2 Å². The normalized spacial score (nSPS) is 10.4. The van der Waals surface area contributed by atoms with Crippen molar-refractivity contribution in [3.05, 3.63) is 56.2 Å². The number of aryl methyl sites for hydroxylation is 1. The van der Waals surface area contributed by atoms with Crippen LogP contribution in [0.25, 0.3) is 11.3 Å². The Labute approximate surface area is 113 Å². The molecule has 0 aliphatic heterocycles. The molecule has 4 nitrogen and oxygen atoms in total. The topological polar surface area (TPSA) is 56.0 Å². The first-order valence-corrected chi connectivity index (χ1v) is 5.81. The fraction of sp³-hybridized carbons (Fsp3) is 0.0833. The molecule has 1 aromatic carbocycles. The Kier molecular flexibility index (Phi) is 3.50. The van der Waals surface area contributed by atoms with E-state index in [-0.39, 0.29) is 11.4 Å². The van der Waals surface area contributed by atoms with Crippen molar-refractivity contribution in [1.82, 2.24) is 4.98 Å². The lowest BCUT2D eigenvalue weighted by Crippen LogP contribution is -1.96. The quantitative estimate of drug-likeness (QED) is 0.610. The summed E-state index contributed by atoms with van der Waals surface area (Å²) >= 11 is 11.9. The number of pyridine rings is 1. The summed E-state index contributed by atoms with van der Waals surface area (Å²) in [5.74, 6) is 0. The largest absolute Gasteiger partial charge is 0.295 e. The van der Waals surface area contributed by atoms with E-state index >= 15 is 0 Å². The Hall–Kier alpha value is -1.65. The van der Waals surface area contributed by atoms with Crippen molar-refractivity contribution in [3.8, 4) is 11.3 Å². The van der Waals surface area contributed by atoms with Crippen molar-refractivity contribution in [3.63, 3.8) is 0 Å². The van der Waals surface area contributed by atoms with Crippen molar-refractivity contribution in [1.29, 1.82) is 0 Å². The van der Waals surface area contributed by atoms with E-state index in [2.05, 4.69) is 4.98 Å². The molecule has 0 bridgehead atoms. The van der Waals surface area contributed by atoms with Crippen LogP contribution >= 0.6 is 23.2 Å². The number of nitrogens with zero attached hydrogens (tertiary/aromatic N) is 2. The zero-order valence-corrected chi connectivity index (χ0v) is 10.9. The molecule has 0 atom stereocenters. The molecular formula is C12H8Cl2N2O2. The third-order valence-electron chi connectivity index (χ3n) is 2.38. The van der Waals surface area contributed by atoms with Crippen LogP contribution < -0.4 is 0 Å². The molecule has 18 heavy (non-hydrogen) atoms. The molecule has 2 aromatic rings. The summed E-state index contributed by atoms with van der Waals surface area (Å²) in [4.78, 5) is 14.6. The molecule has 0 aliphatic rings. The van der Waals surface area contributed by atoms with E-state index in [4.69, 9.17) is 23.2 Å². The van der Waals surface area contributed by atoms with Gasteiger partial charge in [-0.2, -0.15) is 0 Å². The van der Waals surface area contributed by atoms with E-state index in [9.17, 15) is 10.1 Å². The van der Waals surface area contributed by atoms with Gasteiger partial charge >= 0.3 is 0 Å². The van der Waals surface area contributed by atoms with E-state index in [1.807, 2.05) is 0 Å². The number of benzene rings is 1. The molecule has 0 spiro atoms. The second-order valence-electron chi connectivity index (χ2n) is 3.76. The molecule has 0 unspecified atom stereocenters. The van der Waals surface area contributed by atoms with Gasteiger partial charge in [0.15, 0.2) is 0 Å². The van der Waals surface area contributed by atoms with Crippen LogP contribution in [0.4, 0.5) is 5.69 Å².